The quantitative estimate of drug-likeness (QED) is 0.548. The second-order valence-electron chi connectivity index (χ2n) is 3.68. The van der Waals surface area contributed by atoms with Crippen LogP contribution in [0.4, 0.5) is 0 Å². The Labute approximate surface area is 96.4 Å². The van der Waals surface area contributed by atoms with Gasteiger partial charge in [-0.15, -0.1) is 0 Å². The predicted octanol–water partition coefficient (Wildman–Crippen LogP) is 2.61. The molecule has 3 nitrogen and oxygen atoms in total. The van der Waals surface area contributed by atoms with Crippen molar-refractivity contribution in [3.8, 4) is 5.75 Å². The van der Waals surface area contributed by atoms with Crippen LogP contribution in [-0.4, -0.2) is 26.1 Å². The number of ketones is 1. The van der Waals surface area contributed by atoms with Crippen molar-refractivity contribution in [3.05, 3.63) is 29.3 Å². The van der Waals surface area contributed by atoms with Crippen LogP contribution in [0.5, 0.6) is 5.75 Å². The van der Waals surface area contributed by atoms with Gasteiger partial charge in [0.25, 0.3) is 0 Å². The molecule has 0 N–H and O–H groups in total. The van der Waals surface area contributed by atoms with Crippen molar-refractivity contribution in [2.45, 2.75) is 20.3 Å². The summed E-state index contributed by atoms with van der Waals surface area (Å²) >= 11 is 0. The molecule has 0 spiro atoms. The Kier molecular flexibility index (Phi) is 4.99. The molecular weight excluding hydrogens is 204 g/mol. The summed E-state index contributed by atoms with van der Waals surface area (Å²) in [6.45, 7) is 4.70. The van der Waals surface area contributed by atoms with Gasteiger partial charge in [0.2, 0.25) is 0 Å². The molecule has 0 aliphatic rings. The molecule has 16 heavy (non-hydrogen) atoms. The zero-order valence-electron chi connectivity index (χ0n) is 10.1. The molecule has 0 radical (unpaired) electrons. The van der Waals surface area contributed by atoms with Crippen molar-refractivity contribution in [1.82, 2.24) is 0 Å². The normalized spacial score (nSPS) is 10.2. The van der Waals surface area contributed by atoms with E-state index in [1.807, 2.05) is 26.0 Å². The van der Waals surface area contributed by atoms with Crippen LogP contribution in [0, 0.1) is 6.92 Å². The Morgan fingerprint density at radius 3 is 2.75 bits per heavy atom. The number of carbonyl (C=O) groups is 1. The largest absolute Gasteiger partial charge is 0.496 e. The molecule has 0 aliphatic heterocycles. The minimum atomic E-state index is -0.0368. The first-order chi connectivity index (χ1) is 7.69. The van der Waals surface area contributed by atoms with Gasteiger partial charge in [0.05, 0.1) is 12.7 Å². The van der Waals surface area contributed by atoms with Gasteiger partial charge >= 0.3 is 0 Å². The first-order valence-electron chi connectivity index (χ1n) is 5.44. The van der Waals surface area contributed by atoms with Crippen LogP contribution < -0.4 is 4.74 Å². The van der Waals surface area contributed by atoms with Crippen LogP contribution in [0.25, 0.3) is 0 Å². The summed E-state index contributed by atoms with van der Waals surface area (Å²) in [6.07, 6.45) is 0.915. The van der Waals surface area contributed by atoms with Crippen molar-refractivity contribution in [2.24, 2.45) is 0 Å². The molecule has 1 rings (SSSR count). The Morgan fingerprint density at radius 2 is 2.12 bits per heavy atom. The third kappa shape index (κ3) is 3.35. The highest BCUT2D eigenvalue weighted by atomic mass is 16.5. The Hall–Kier alpha value is -1.35. The van der Waals surface area contributed by atoms with Gasteiger partial charge in [-0.1, -0.05) is 13.0 Å². The molecule has 3 heteroatoms. The summed E-state index contributed by atoms with van der Waals surface area (Å²) in [6, 6.07) is 5.54. The summed E-state index contributed by atoms with van der Waals surface area (Å²) in [5.74, 6) is 0.579. The van der Waals surface area contributed by atoms with E-state index in [0.717, 1.165) is 12.0 Å². The standard InChI is InChI=1S/C13H18O3/c1-4-7-16-9-12(14)11-6-5-10(2)8-13(11)15-3/h5-6,8H,4,7,9H2,1-3H3. The van der Waals surface area contributed by atoms with Gasteiger partial charge in [-0.2, -0.15) is 0 Å². The van der Waals surface area contributed by atoms with Crippen LogP contribution in [0.1, 0.15) is 29.3 Å². The highest BCUT2D eigenvalue weighted by Crippen LogP contribution is 2.20. The molecule has 0 atom stereocenters. The zero-order valence-corrected chi connectivity index (χ0v) is 10.1. The summed E-state index contributed by atoms with van der Waals surface area (Å²) in [4.78, 5) is 11.8. The van der Waals surface area contributed by atoms with Crippen LogP contribution in [0.2, 0.25) is 0 Å². The molecule has 0 unspecified atom stereocenters. The van der Waals surface area contributed by atoms with E-state index in [0.29, 0.717) is 17.9 Å². The van der Waals surface area contributed by atoms with E-state index in [-0.39, 0.29) is 12.4 Å². The Morgan fingerprint density at radius 1 is 1.38 bits per heavy atom. The molecule has 1 aromatic rings. The smallest absolute Gasteiger partial charge is 0.192 e. The fraction of sp³-hybridized carbons (Fsp3) is 0.462. The van der Waals surface area contributed by atoms with Crippen molar-refractivity contribution in [2.75, 3.05) is 20.3 Å². The molecule has 0 heterocycles. The Bertz CT molecular complexity index is 358. The lowest BCUT2D eigenvalue weighted by molar-refractivity contribution is 0.0758. The second kappa shape index (κ2) is 6.28. The van der Waals surface area contributed by atoms with Crippen molar-refractivity contribution in [3.63, 3.8) is 0 Å². The molecule has 0 fully saturated rings. The second-order valence-corrected chi connectivity index (χ2v) is 3.68. The number of ether oxygens (including phenoxy) is 2. The maximum absolute atomic E-state index is 11.8. The van der Waals surface area contributed by atoms with Crippen LogP contribution >= 0.6 is 0 Å². The first kappa shape index (κ1) is 12.7. The van der Waals surface area contributed by atoms with E-state index in [2.05, 4.69) is 0 Å². The van der Waals surface area contributed by atoms with Gasteiger partial charge in [0.1, 0.15) is 12.4 Å². The molecular formula is C13H18O3. The zero-order chi connectivity index (χ0) is 12.0. The number of rotatable bonds is 6. The molecule has 0 aromatic heterocycles. The first-order valence-corrected chi connectivity index (χ1v) is 5.44. The van der Waals surface area contributed by atoms with Crippen LogP contribution in [-0.2, 0) is 4.74 Å². The third-order valence-corrected chi connectivity index (χ3v) is 2.24. The van der Waals surface area contributed by atoms with Gasteiger partial charge in [0.15, 0.2) is 5.78 Å². The molecule has 0 saturated heterocycles. The summed E-state index contributed by atoms with van der Waals surface area (Å²) < 4.78 is 10.4. The minimum Gasteiger partial charge on any atom is -0.496 e. The fourth-order valence-corrected chi connectivity index (χ4v) is 1.42. The number of Topliss-reactive ketones (excluding diaryl/α,β-unsaturated/α-hetero) is 1. The van der Waals surface area contributed by atoms with Gasteiger partial charge in [-0.05, 0) is 31.0 Å². The lowest BCUT2D eigenvalue weighted by Gasteiger charge is -2.08. The van der Waals surface area contributed by atoms with Crippen molar-refractivity contribution in [1.29, 1.82) is 0 Å². The van der Waals surface area contributed by atoms with Crippen molar-refractivity contribution >= 4 is 5.78 Å². The van der Waals surface area contributed by atoms with Crippen LogP contribution in [0.15, 0.2) is 18.2 Å². The average Bonchev–Trinajstić information content (AvgIpc) is 2.29. The molecule has 88 valence electrons. The van der Waals surface area contributed by atoms with Gasteiger partial charge in [-0.3, -0.25) is 4.79 Å². The lowest BCUT2D eigenvalue weighted by atomic mass is 10.1. The van der Waals surface area contributed by atoms with E-state index in [1.165, 1.54) is 0 Å². The van der Waals surface area contributed by atoms with E-state index < -0.39 is 0 Å². The van der Waals surface area contributed by atoms with E-state index in [1.54, 1.807) is 13.2 Å². The number of hydrogen-bond donors (Lipinski definition) is 0. The average molecular weight is 222 g/mol. The predicted molar refractivity (Wildman–Crippen MR) is 63.2 cm³/mol. The number of carbonyl (C=O) groups excluding carboxylic acids is 1. The van der Waals surface area contributed by atoms with Crippen LogP contribution in [0.3, 0.4) is 0 Å². The molecule has 1 aromatic carbocycles. The monoisotopic (exact) mass is 222 g/mol. The van der Waals surface area contributed by atoms with E-state index in [9.17, 15) is 4.79 Å². The van der Waals surface area contributed by atoms with Gasteiger partial charge in [-0.25, -0.2) is 0 Å². The summed E-state index contributed by atoms with van der Waals surface area (Å²) in [5.41, 5.74) is 1.66. The molecule has 0 bridgehead atoms. The maximum atomic E-state index is 11.8. The maximum Gasteiger partial charge on any atom is 0.192 e. The fourth-order valence-electron chi connectivity index (χ4n) is 1.42. The third-order valence-electron chi connectivity index (χ3n) is 2.24. The molecule has 0 aliphatic carbocycles. The molecule has 0 amide bonds. The number of benzene rings is 1. The lowest BCUT2D eigenvalue weighted by Crippen LogP contribution is -2.11. The highest BCUT2D eigenvalue weighted by molar-refractivity contribution is 5.99. The van der Waals surface area contributed by atoms with Gasteiger partial charge in [0, 0.05) is 6.61 Å². The van der Waals surface area contributed by atoms with Gasteiger partial charge < -0.3 is 9.47 Å². The molecule has 0 saturated carbocycles. The van der Waals surface area contributed by atoms with Crippen molar-refractivity contribution < 1.29 is 14.3 Å². The Balaban J connectivity index is 2.74. The van der Waals surface area contributed by atoms with E-state index >= 15 is 0 Å². The highest BCUT2D eigenvalue weighted by Gasteiger charge is 2.11. The summed E-state index contributed by atoms with van der Waals surface area (Å²) in [7, 11) is 1.57. The minimum absolute atomic E-state index is 0.0368. The number of hydrogen-bond acceptors (Lipinski definition) is 3. The number of methoxy groups -OCH3 is 1. The topological polar surface area (TPSA) is 35.5 Å². The van der Waals surface area contributed by atoms with E-state index in [4.69, 9.17) is 9.47 Å². The summed E-state index contributed by atoms with van der Waals surface area (Å²) in [5, 5.41) is 0. The number of aryl methyl sites for hydroxylation is 1. The SMILES string of the molecule is CCCOCC(=O)c1ccc(C)cc1OC.